The SMILES string of the molecule is O=C(O)[C@H]1C=CC=C(CN2CCCC2)C1=O. The van der Waals surface area contributed by atoms with Crippen molar-refractivity contribution < 1.29 is 14.7 Å². The smallest absolute Gasteiger partial charge is 0.318 e. The van der Waals surface area contributed by atoms with Crippen molar-refractivity contribution in [2.24, 2.45) is 5.92 Å². The molecule has 1 heterocycles. The lowest BCUT2D eigenvalue weighted by molar-refractivity contribution is -0.143. The van der Waals surface area contributed by atoms with E-state index in [9.17, 15) is 9.59 Å². The highest BCUT2D eigenvalue weighted by molar-refractivity contribution is 6.10. The highest BCUT2D eigenvalue weighted by Gasteiger charge is 2.29. The van der Waals surface area contributed by atoms with E-state index >= 15 is 0 Å². The molecule has 0 aromatic carbocycles. The molecule has 0 radical (unpaired) electrons. The molecule has 16 heavy (non-hydrogen) atoms. The van der Waals surface area contributed by atoms with Crippen LogP contribution in [0.3, 0.4) is 0 Å². The minimum Gasteiger partial charge on any atom is -0.480 e. The van der Waals surface area contributed by atoms with E-state index in [1.165, 1.54) is 18.9 Å². The second-order valence-corrected chi connectivity index (χ2v) is 4.24. The first-order valence-corrected chi connectivity index (χ1v) is 5.55. The first-order chi connectivity index (χ1) is 7.68. The number of ketones is 1. The highest BCUT2D eigenvalue weighted by atomic mass is 16.4. The molecular weight excluding hydrogens is 206 g/mol. The Kier molecular flexibility index (Phi) is 3.19. The summed E-state index contributed by atoms with van der Waals surface area (Å²) in [7, 11) is 0. The lowest BCUT2D eigenvalue weighted by Crippen LogP contribution is -2.31. The van der Waals surface area contributed by atoms with Crippen LogP contribution in [0.15, 0.2) is 23.8 Å². The van der Waals surface area contributed by atoms with Crippen LogP contribution in [0.2, 0.25) is 0 Å². The molecule has 0 aromatic rings. The first-order valence-electron chi connectivity index (χ1n) is 5.55. The van der Waals surface area contributed by atoms with Gasteiger partial charge in [0.15, 0.2) is 5.78 Å². The number of nitrogens with zero attached hydrogens (tertiary/aromatic N) is 1. The Morgan fingerprint density at radius 1 is 1.44 bits per heavy atom. The van der Waals surface area contributed by atoms with Crippen LogP contribution in [-0.2, 0) is 9.59 Å². The van der Waals surface area contributed by atoms with Crippen LogP contribution >= 0.6 is 0 Å². The maximum atomic E-state index is 11.8. The number of Topliss-reactive ketones (excluding diaryl/α,β-unsaturated/α-hetero) is 1. The Morgan fingerprint density at radius 3 is 2.75 bits per heavy atom. The summed E-state index contributed by atoms with van der Waals surface area (Å²) in [6, 6.07) is 0. The minimum atomic E-state index is -1.06. The number of allylic oxidation sites excluding steroid dienone is 2. The normalized spacial score (nSPS) is 25.9. The fourth-order valence-corrected chi connectivity index (χ4v) is 2.16. The summed E-state index contributed by atoms with van der Waals surface area (Å²) < 4.78 is 0. The quantitative estimate of drug-likeness (QED) is 0.718. The number of likely N-dealkylation sites (tertiary alicyclic amines) is 1. The van der Waals surface area contributed by atoms with Crippen LogP contribution in [0, 0.1) is 5.92 Å². The molecule has 0 saturated carbocycles. The van der Waals surface area contributed by atoms with E-state index in [0.29, 0.717) is 12.1 Å². The van der Waals surface area contributed by atoms with Crippen LogP contribution in [-0.4, -0.2) is 41.4 Å². The van der Waals surface area contributed by atoms with E-state index in [2.05, 4.69) is 4.90 Å². The molecule has 0 aromatic heterocycles. The summed E-state index contributed by atoms with van der Waals surface area (Å²) in [6.07, 6.45) is 7.18. The molecule has 1 N–H and O–H groups in total. The van der Waals surface area contributed by atoms with Gasteiger partial charge in [0.05, 0.1) is 0 Å². The fraction of sp³-hybridized carbons (Fsp3) is 0.500. The number of hydrogen-bond acceptors (Lipinski definition) is 3. The number of rotatable bonds is 3. The lowest BCUT2D eigenvalue weighted by Gasteiger charge is -2.19. The number of hydrogen-bond donors (Lipinski definition) is 1. The summed E-state index contributed by atoms with van der Waals surface area (Å²) in [5.41, 5.74) is 0.622. The van der Waals surface area contributed by atoms with Crippen LogP contribution in [0.4, 0.5) is 0 Å². The molecule has 4 heteroatoms. The highest BCUT2D eigenvalue weighted by Crippen LogP contribution is 2.18. The average molecular weight is 221 g/mol. The standard InChI is InChI=1S/C12H15NO3/c14-11-9(8-13-6-1-2-7-13)4-3-5-10(11)12(15)16/h3-5,10H,1-2,6-8H2,(H,15,16)/t10-/m0/s1. The van der Waals surface area contributed by atoms with Crippen LogP contribution < -0.4 is 0 Å². The molecule has 1 fully saturated rings. The first kappa shape index (κ1) is 11.1. The van der Waals surface area contributed by atoms with Gasteiger partial charge in [0.25, 0.3) is 0 Å². The largest absolute Gasteiger partial charge is 0.480 e. The summed E-state index contributed by atoms with van der Waals surface area (Å²) >= 11 is 0. The zero-order valence-electron chi connectivity index (χ0n) is 9.06. The molecule has 0 bridgehead atoms. The predicted octanol–water partition coefficient (Wildman–Crippen LogP) is 0.848. The van der Waals surface area contributed by atoms with Gasteiger partial charge in [-0.1, -0.05) is 18.2 Å². The zero-order valence-corrected chi connectivity index (χ0v) is 9.06. The van der Waals surface area contributed by atoms with Crippen molar-refractivity contribution in [2.45, 2.75) is 12.8 Å². The number of carbonyl (C=O) groups is 2. The molecule has 4 nitrogen and oxygen atoms in total. The summed E-state index contributed by atoms with van der Waals surface area (Å²) in [6.45, 7) is 2.60. The van der Waals surface area contributed by atoms with Crippen LogP contribution in [0.1, 0.15) is 12.8 Å². The van der Waals surface area contributed by atoms with E-state index in [0.717, 1.165) is 13.1 Å². The number of carboxylic acid groups (broad SMARTS) is 1. The van der Waals surface area contributed by atoms with E-state index < -0.39 is 11.9 Å². The zero-order chi connectivity index (χ0) is 11.5. The van der Waals surface area contributed by atoms with Gasteiger partial charge >= 0.3 is 5.97 Å². The summed E-state index contributed by atoms with van der Waals surface area (Å²) in [4.78, 5) is 24.9. The van der Waals surface area contributed by atoms with Crippen molar-refractivity contribution in [3.8, 4) is 0 Å². The molecule has 2 rings (SSSR count). The van der Waals surface area contributed by atoms with Gasteiger partial charge < -0.3 is 5.11 Å². The molecule has 0 unspecified atom stereocenters. The van der Waals surface area contributed by atoms with Gasteiger partial charge in [-0.2, -0.15) is 0 Å². The average Bonchev–Trinajstić information content (AvgIpc) is 2.73. The van der Waals surface area contributed by atoms with Crippen molar-refractivity contribution in [1.29, 1.82) is 0 Å². The Balaban J connectivity index is 2.04. The maximum absolute atomic E-state index is 11.8. The Bertz CT molecular complexity index is 364. The maximum Gasteiger partial charge on any atom is 0.318 e. The van der Waals surface area contributed by atoms with Crippen molar-refractivity contribution in [3.05, 3.63) is 23.8 Å². The van der Waals surface area contributed by atoms with E-state index in [1.807, 2.05) is 0 Å². The molecule has 1 aliphatic carbocycles. The second-order valence-electron chi connectivity index (χ2n) is 4.24. The Hall–Kier alpha value is -1.42. The third-order valence-electron chi connectivity index (χ3n) is 3.06. The Morgan fingerprint density at radius 2 is 2.12 bits per heavy atom. The minimum absolute atomic E-state index is 0.262. The molecule has 0 spiro atoms. The summed E-state index contributed by atoms with van der Waals surface area (Å²) in [5.74, 6) is -2.31. The third kappa shape index (κ3) is 2.22. The van der Waals surface area contributed by atoms with Gasteiger partial charge in [-0.05, 0) is 25.9 Å². The van der Waals surface area contributed by atoms with E-state index in [4.69, 9.17) is 5.11 Å². The van der Waals surface area contributed by atoms with Gasteiger partial charge in [0, 0.05) is 12.1 Å². The number of carboxylic acids is 1. The second kappa shape index (κ2) is 4.61. The van der Waals surface area contributed by atoms with Gasteiger partial charge in [-0.25, -0.2) is 0 Å². The van der Waals surface area contributed by atoms with E-state index in [1.54, 1.807) is 12.2 Å². The van der Waals surface area contributed by atoms with Crippen molar-refractivity contribution in [3.63, 3.8) is 0 Å². The number of carbonyl (C=O) groups excluding carboxylic acids is 1. The molecular formula is C12H15NO3. The van der Waals surface area contributed by atoms with E-state index in [-0.39, 0.29) is 5.78 Å². The van der Waals surface area contributed by atoms with Gasteiger partial charge in [0.1, 0.15) is 5.92 Å². The topological polar surface area (TPSA) is 57.6 Å². The van der Waals surface area contributed by atoms with Gasteiger partial charge in [0.2, 0.25) is 0 Å². The third-order valence-corrected chi connectivity index (χ3v) is 3.06. The van der Waals surface area contributed by atoms with Gasteiger partial charge in [-0.15, -0.1) is 0 Å². The van der Waals surface area contributed by atoms with Crippen molar-refractivity contribution >= 4 is 11.8 Å². The summed E-state index contributed by atoms with van der Waals surface area (Å²) in [5, 5.41) is 8.87. The Labute approximate surface area is 94.2 Å². The lowest BCUT2D eigenvalue weighted by atomic mass is 9.92. The molecule has 2 aliphatic rings. The van der Waals surface area contributed by atoms with Crippen LogP contribution in [0.5, 0.6) is 0 Å². The van der Waals surface area contributed by atoms with Crippen molar-refractivity contribution in [1.82, 2.24) is 4.90 Å². The fourth-order valence-electron chi connectivity index (χ4n) is 2.16. The molecule has 1 atom stereocenters. The predicted molar refractivity (Wildman–Crippen MR) is 59.0 cm³/mol. The monoisotopic (exact) mass is 221 g/mol. The van der Waals surface area contributed by atoms with Crippen molar-refractivity contribution in [2.75, 3.05) is 19.6 Å². The molecule has 1 aliphatic heterocycles. The van der Waals surface area contributed by atoms with Gasteiger partial charge in [-0.3, -0.25) is 14.5 Å². The molecule has 0 amide bonds. The molecule has 1 saturated heterocycles. The molecule has 86 valence electrons. The van der Waals surface area contributed by atoms with Crippen LogP contribution in [0.25, 0.3) is 0 Å². The number of aliphatic carboxylic acids is 1.